The number of ether oxygens (including phenoxy) is 1. The SMILES string of the molecule is CC(C)(C)C#Cc1cc(F)cc(OCC(O)CN2CCC(CO)CC2)c1. The van der Waals surface area contributed by atoms with Crippen LogP contribution in [-0.2, 0) is 0 Å². The zero-order valence-electron chi connectivity index (χ0n) is 16.0. The van der Waals surface area contributed by atoms with Gasteiger partial charge in [-0.1, -0.05) is 11.8 Å². The molecule has 0 spiro atoms. The maximum Gasteiger partial charge on any atom is 0.128 e. The van der Waals surface area contributed by atoms with Crippen LogP contribution in [0.25, 0.3) is 0 Å². The third kappa shape index (κ3) is 7.33. The largest absolute Gasteiger partial charge is 0.491 e. The minimum absolute atomic E-state index is 0.107. The van der Waals surface area contributed by atoms with Crippen molar-refractivity contribution in [2.45, 2.75) is 39.7 Å². The Kier molecular flexibility index (Phi) is 7.45. The van der Waals surface area contributed by atoms with E-state index < -0.39 is 11.9 Å². The summed E-state index contributed by atoms with van der Waals surface area (Å²) in [6, 6.07) is 4.39. The van der Waals surface area contributed by atoms with E-state index in [1.165, 1.54) is 12.1 Å². The molecule has 4 nitrogen and oxygen atoms in total. The molecule has 1 aromatic rings. The van der Waals surface area contributed by atoms with E-state index in [0.29, 0.717) is 23.8 Å². The Labute approximate surface area is 156 Å². The Morgan fingerprint density at radius 1 is 1.27 bits per heavy atom. The van der Waals surface area contributed by atoms with E-state index in [-0.39, 0.29) is 18.6 Å². The van der Waals surface area contributed by atoms with Crippen LogP contribution in [0.1, 0.15) is 39.2 Å². The zero-order valence-corrected chi connectivity index (χ0v) is 16.0. The lowest BCUT2D eigenvalue weighted by Gasteiger charge is -2.32. The Hall–Kier alpha value is -1.61. The molecule has 0 aromatic heterocycles. The lowest BCUT2D eigenvalue weighted by molar-refractivity contribution is 0.0488. The highest BCUT2D eigenvalue weighted by Crippen LogP contribution is 2.19. The van der Waals surface area contributed by atoms with Crippen molar-refractivity contribution in [3.8, 4) is 17.6 Å². The van der Waals surface area contributed by atoms with Crippen LogP contribution in [-0.4, -0.2) is 54.1 Å². The first kappa shape index (κ1) is 20.7. The molecule has 1 aromatic carbocycles. The van der Waals surface area contributed by atoms with Gasteiger partial charge < -0.3 is 19.8 Å². The Morgan fingerprint density at radius 3 is 2.58 bits per heavy atom. The number of aliphatic hydroxyl groups excluding tert-OH is 2. The minimum atomic E-state index is -0.645. The second-order valence-electron chi connectivity index (χ2n) is 8.07. The van der Waals surface area contributed by atoms with E-state index in [0.717, 1.165) is 25.9 Å². The highest BCUT2D eigenvalue weighted by molar-refractivity contribution is 5.41. The van der Waals surface area contributed by atoms with Crippen molar-refractivity contribution >= 4 is 0 Å². The van der Waals surface area contributed by atoms with Gasteiger partial charge in [0.25, 0.3) is 0 Å². The zero-order chi connectivity index (χ0) is 19.2. The smallest absolute Gasteiger partial charge is 0.128 e. The van der Waals surface area contributed by atoms with Crippen molar-refractivity contribution in [1.82, 2.24) is 4.90 Å². The van der Waals surface area contributed by atoms with Gasteiger partial charge in [0, 0.05) is 30.2 Å². The average Bonchev–Trinajstić information content (AvgIpc) is 2.58. The maximum atomic E-state index is 13.8. The predicted octanol–water partition coefficient (Wildman–Crippen LogP) is 2.67. The van der Waals surface area contributed by atoms with Crippen molar-refractivity contribution in [2.75, 3.05) is 32.8 Å². The van der Waals surface area contributed by atoms with Crippen molar-refractivity contribution < 1.29 is 19.3 Å². The van der Waals surface area contributed by atoms with Crippen LogP contribution in [0.15, 0.2) is 18.2 Å². The standard InChI is InChI=1S/C21H30FNO3/c1-21(2,3)7-4-17-10-18(22)12-20(11-17)26-15-19(25)13-23-8-5-16(14-24)6-9-23/h10-12,16,19,24-25H,5-6,8-9,13-15H2,1-3H3. The molecule has 26 heavy (non-hydrogen) atoms. The molecule has 1 fully saturated rings. The number of nitrogens with zero attached hydrogens (tertiary/aromatic N) is 1. The number of β-amino-alcohol motifs (C(OH)–C–C–N with tert-alkyl or cyclic N) is 1. The highest BCUT2D eigenvalue weighted by Gasteiger charge is 2.20. The summed E-state index contributed by atoms with van der Waals surface area (Å²) in [5.74, 6) is 6.39. The quantitative estimate of drug-likeness (QED) is 0.763. The van der Waals surface area contributed by atoms with Gasteiger partial charge in [0.05, 0.1) is 0 Å². The van der Waals surface area contributed by atoms with Crippen LogP contribution in [0, 0.1) is 29.0 Å². The first-order valence-electron chi connectivity index (χ1n) is 9.23. The molecule has 0 amide bonds. The fourth-order valence-electron chi connectivity index (χ4n) is 2.87. The molecular formula is C21H30FNO3. The molecule has 1 heterocycles. The summed E-state index contributed by atoms with van der Waals surface area (Å²) >= 11 is 0. The van der Waals surface area contributed by atoms with Crippen LogP contribution >= 0.6 is 0 Å². The summed E-state index contributed by atoms with van der Waals surface area (Å²) < 4.78 is 19.4. The maximum absolute atomic E-state index is 13.8. The second-order valence-corrected chi connectivity index (χ2v) is 8.07. The van der Waals surface area contributed by atoms with Crippen molar-refractivity contribution in [3.05, 3.63) is 29.6 Å². The van der Waals surface area contributed by atoms with E-state index in [1.807, 2.05) is 20.8 Å². The van der Waals surface area contributed by atoms with E-state index in [1.54, 1.807) is 6.07 Å². The second kappa shape index (κ2) is 9.36. The summed E-state index contributed by atoms with van der Waals surface area (Å²) in [6.45, 7) is 8.59. The van der Waals surface area contributed by atoms with Crippen LogP contribution in [0.3, 0.4) is 0 Å². The van der Waals surface area contributed by atoms with Gasteiger partial charge >= 0.3 is 0 Å². The minimum Gasteiger partial charge on any atom is -0.491 e. The molecule has 0 radical (unpaired) electrons. The summed E-state index contributed by atoms with van der Waals surface area (Å²) in [7, 11) is 0. The first-order chi connectivity index (χ1) is 12.2. The molecule has 144 valence electrons. The van der Waals surface area contributed by atoms with Crippen LogP contribution < -0.4 is 4.74 Å². The van der Waals surface area contributed by atoms with Crippen molar-refractivity contribution in [2.24, 2.45) is 11.3 Å². The molecule has 1 saturated heterocycles. The Morgan fingerprint density at radius 2 is 1.96 bits per heavy atom. The van der Waals surface area contributed by atoms with Crippen LogP contribution in [0.2, 0.25) is 0 Å². The third-order valence-electron chi connectivity index (χ3n) is 4.33. The van der Waals surface area contributed by atoms with Crippen molar-refractivity contribution in [1.29, 1.82) is 0 Å². The topological polar surface area (TPSA) is 52.9 Å². The molecule has 2 N–H and O–H groups in total. The van der Waals surface area contributed by atoms with Gasteiger partial charge in [0.15, 0.2) is 0 Å². The Balaban J connectivity index is 1.86. The van der Waals surface area contributed by atoms with Gasteiger partial charge in [0.1, 0.15) is 24.3 Å². The lowest BCUT2D eigenvalue weighted by atomic mass is 9.97. The van der Waals surface area contributed by atoms with Crippen LogP contribution in [0.5, 0.6) is 5.75 Å². The van der Waals surface area contributed by atoms with Crippen LogP contribution in [0.4, 0.5) is 4.39 Å². The van der Waals surface area contributed by atoms with E-state index in [4.69, 9.17) is 9.84 Å². The number of hydrogen-bond acceptors (Lipinski definition) is 4. The monoisotopic (exact) mass is 363 g/mol. The van der Waals surface area contributed by atoms with Gasteiger partial charge in [-0.3, -0.25) is 0 Å². The highest BCUT2D eigenvalue weighted by atomic mass is 19.1. The molecule has 0 saturated carbocycles. The van der Waals surface area contributed by atoms with Gasteiger partial charge in [-0.25, -0.2) is 4.39 Å². The molecule has 1 aliphatic rings. The predicted molar refractivity (Wildman–Crippen MR) is 100 cm³/mol. The molecule has 0 aliphatic carbocycles. The fourth-order valence-corrected chi connectivity index (χ4v) is 2.87. The fraction of sp³-hybridized carbons (Fsp3) is 0.619. The molecular weight excluding hydrogens is 333 g/mol. The number of aliphatic hydroxyl groups is 2. The molecule has 2 rings (SSSR count). The number of halogens is 1. The molecule has 0 bridgehead atoms. The van der Waals surface area contributed by atoms with Gasteiger partial charge in [0.2, 0.25) is 0 Å². The van der Waals surface area contributed by atoms with E-state index in [2.05, 4.69) is 16.7 Å². The number of piperidine rings is 1. The summed E-state index contributed by atoms with van der Waals surface area (Å²) in [5, 5.41) is 19.4. The van der Waals surface area contributed by atoms with E-state index >= 15 is 0 Å². The molecule has 5 heteroatoms. The molecule has 1 atom stereocenters. The van der Waals surface area contributed by atoms with Gasteiger partial charge in [-0.05, 0) is 64.8 Å². The first-order valence-corrected chi connectivity index (χ1v) is 9.23. The summed E-state index contributed by atoms with van der Waals surface area (Å²) in [6.07, 6.45) is 1.25. The number of rotatable bonds is 6. The Bertz CT molecular complexity index is 637. The third-order valence-corrected chi connectivity index (χ3v) is 4.33. The normalized spacial score (nSPS) is 17.5. The van der Waals surface area contributed by atoms with Crippen molar-refractivity contribution in [3.63, 3.8) is 0 Å². The van der Waals surface area contributed by atoms with Gasteiger partial charge in [-0.15, -0.1) is 0 Å². The summed E-state index contributed by atoms with van der Waals surface area (Å²) in [4.78, 5) is 2.17. The van der Waals surface area contributed by atoms with Gasteiger partial charge in [-0.2, -0.15) is 0 Å². The average molecular weight is 363 g/mol. The molecule has 1 unspecified atom stereocenters. The molecule has 1 aliphatic heterocycles. The number of hydrogen-bond donors (Lipinski definition) is 2. The lowest BCUT2D eigenvalue weighted by Crippen LogP contribution is -2.41. The summed E-state index contributed by atoms with van der Waals surface area (Å²) in [5.41, 5.74) is 0.406. The van der Waals surface area contributed by atoms with E-state index in [9.17, 15) is 9.50 Å². The number of likely N-dealkylation sites (tertiary alicyclic amines) is 1. The number of benzene rings is 1.